The lowest BCUT2D eigenvalue weighted by molar-refractivity contribution is -0.958. The third kappa shape index (κ3) is 3.73. The van der Waals surface area contributed by atoms with E-state index < -0.39 is 5.60 Å². The Morgan fingerprint density at radius 3 is 2.68 bits per heavy atom. The molecule has 150 valence electrons. The lowest BCUT2D eigenvalue weighted by atomic mass is 9.66. The Morgan fingerprint density at radius 2 is 1.93 bits per heavy atom. The average Bonchev–Trinajstić information content (AvgIpc) is 2.70. The molecule has 2 aromatic rings. The van der Waals surface area contributed by atoms with E-state index in [1.165, 1.54) is 10.5 Å². The maximum atomic E-state index is 11.4. The van der Waals surface area contributed by atoms with Crippen molar-refractivity contribution in [2.24, 2.45) is 5.92 Å². The zero-order chi connectivity index (χ0) is 19.7. The van der Waals surface area contributed by atoms with Crippen molar-refractivity contribution < 1.29 is 19.8 Å². The first kappa shape index (κ1) is 19.6. The minimum atomic E-state index is -0.586. The molecule has 1 aliphatic carbocycles. The smallest absolute Gasteiger partial charge is 0.160 e. The van der Waals surface area contributed by atoms with Crippen molar-refractivity contribution in [2.45, 2.75) is 50.3 Å². The van der Waals surface area contributed by atoms with Crippen molar-refractivity contribution >= 4 is 11.6 Å². The molecule has 5 heteroatoms. The van der Waals surface area contributed by atoms with Crippen molar-refractivity contribution in [2.75, 3.05) is 13.7 Å². The summed E-state index contributed by atoms with van der Waals surface area (Å²) in [6, 6.07) is 13.9. The number of benzene rings is 2. The molecule has 0 radical (unpaired) electrons. The van der Waals surface area contributed by atoms with Crippen molar-refractivity contribution in [3.8, 4) is 11.5 Å². The molecule has 1 heterocycles. The third-order valence-corrected chi connectivity index (χ3v) is 6.95. The number of phenols is 1. The van der Waals surface area contributed by atoms with Crippen LogP contribution in [0.4, 0.5) is 0 Å². The van der Waals surface area contributed by atoms with Crippen LogP contribution in [0.3, 0.4) is 0 Å². The van der Waals surface area contributed by atoms with Crippen LogP contribution in [0.2, 0.25) is 5.02 Å². The van der Waals surface area contributed by atoms with E-state index >= 15 is 0 Å². The van der Waals surface area contributed by atoms with Gasteiger partial charge in [0.05, 0.1) is 19.3 Å². The van der Waals surface area contributed by atoms with E-state index in [9.17, 15) is 10.2 Å². The number of aliphatic hydroxyl groups is 1. The molecule has 4 rings (SSSR count). The highest BCUT2D eigenvalue weighted by molar-refractivity contribution is 6.30. The van der Waals surface area contributed by atoms with Gasteiger partial charge in [-0.3, -0.25) is 0 Å². The summed E-state index contributed by atoms with van der Waals surface area (Å²) in [5, 5.41) is 22.2. The standard InChI is InChI=1S/C23H28ClNO3/c1-28-21-14-17(7-10-20(21)26)22-19-4-2-3-11-23(19,27)12-13-25(22)15-16-5-8-18(24)9-6-16/h5-10,14,19,22,26-27H,2-4,11-13,15H2,1H3/p+1/t19-,22-,23+/m1/s1. The highest BCUT2D eigenvalue weighted by Gasteiger charge is 2.51. The van der Waals surface area contributed by atoms with Gasteiger partial charge in [0.2, 0.25) is 0 Å². The van der Waals surface area contributed by atoms with Crippen molar-refractivity contribution in [3.63, 3.8) is 0 Å². The number of nitrogens with one attached hydrogen (secondary N) is 1. The number of halogens is 1. The van der Waals surface area contributed by atoms with E-state index in [1.54, 1.807) is 13.2 Å². The van der Waals surface area contributed by atoms with Crippen LogP contribution >= 0.6 is 11.6 Å². The molecule has 0 bridgehead atoms. The van der Waals surface area contributed by atoms with Gasteiger partial charge in [-0.15, -0.1) is 0 Å². The van der Waals surface area contributed by atoms with E-state index in [2.05, 4.69) is 12.1 Å². The maximum Gasteiger partial charge on any atom is 0.160 e. The van der Waals surface area contributed by atoms with Gasteiger partial charge in [0, 0.05) is 28.5 Å². The summed E-state index contributed by atoms with van der Waals surface area (Å²) in [6.07, 6.45) is 5.02. The number of piperidine rings is 1. The molecule has 1 aliphatic heterocycles. The summed E-state index contributed by atoms with van der Waals surface area (Å²) in [5.41, 5.74) is 1.79. The van der Waals surface area contributed by atoms with Crippen LogP contribution in [0.1, 0.15) is 49.3 Å². The van der Waals surface area contributed by atoms with Gasteiger partial charge in [-0.2, -0.15) is 0 Å². The Hall–Kier alpha value is -1.75. The van der Waals surface area contributed by atoms with Gasteiger partial charge in [-0.25, -0.2) is 0 Å². The van der Waals surface area contributed by atoms with E-state index in [1.807, 2.05) is 24.3 Å². The Balaban J connectivity index is 1.70. The lowest BCUT2D eigenvalue weighted by Crippen LogP contribution is -3.13. The molecule has 2 aliphatic rings. The monoisotopic (exact) mass is 402 g/mol. The van der Waals surface area contributed by atoms with Crippen LogP contribution in [0.5, 0.6) is 11.5 Å². The van der Waals surface area contributed by atoms with Gasteiger partial charge < -0.3 is 19.8 Å². The number of quaternary nitrogens is 1. The fraction of sp³-hybridized carbons (Fsp3) is 0.478. The van der Waals surface area contributed by atoms with Crippen LogP contribution in [-0.4, -0.2) is 29.5 Å². The second-order valence-electron chi connectivity index (χ2n) is 8.33. The Labute approximate surface area is 171 Å². The lowest BCUT2D eigenvalue weighted by Gasteiger charge is -2.50. The van der Waals surface area contributed by atoms with Gasteiger partial charge in [0.15, 0.2) is 11.5 Å². The fourth-order valence-electron chi connectivity index (χ4n) is 5.27. The van der Waals surface area contributed by atoms with Crippen molar-refractivity contribution in [1.29, 1.82) is 0 Å². The first-order valence-corrected chi connectivity index (χ1v) is 10.6. The first-order chi connectivity index (χ1) is 13.5. The second-order valence-corrected chi connectivity index (χ2v) is 8.76. The fourth-order valence-corrected chi connectivity index (χ4v) is 5.40. The molecule has 4 atom stereocenters. The highest BCUT2D eigenvalue weighted by atomic mass is 35.5. The Morgan fingerprint density at radius 1 is 1.14 bits per heavy atom. The maximum absolute atomic E-state index is 11.4. The van der Waals surface area contributed by atoms with Gasteiger partial charge in [-0.1, -0.05) is 36.6 Å². The number of hydrogen-bond acceptors (Lipinski definition) is 3. The number of phenolic OH excluding ortho intramolecular Hbond substituents is 1. The molecule has 0 aromatic heterocycles. The van der Waals surface area contributed by atoms with E-state index in [4.69, 9.17) is 16.3 Å². The number of rotatable bonds is 4. The Kier molecular flexibility index (Phi) is 5.55. The number of fused-ring (bicyclic) bond motifs is 1. The van der Waals surface area contributed by atoms with E-state index in [0.29, 0.717) is 5.75 Å². The van der Waals surface area contributed by atoms with Gasteiger partial charge in [-0.05, 0) is 43.2 Å². The minimum Gasteiger partial charge on any atom is -0.504 e. The zero-order valence-electron chi connectivity index (χ0n) is 16.3. The normalized spacial score (nSPS) is 29.9. The summed E-state index contributed by atoms with van der Waals surface area (Å²) in [4.78, 5) is 1.45. The van der Waals surface area contributed by atoms with Gasteiger partial charge >= 0.3 is 0 Å². The van der Waals surface area contributed by atoms with E-state index in [0.717, 1.165) is 55.8 Å². The predicted octanol–water partition coefficient (Wildman–Crippen LogP) is 3.51. The third-order valence-electron chi connectivity index (χ3n) is 6.69. The number of hydrogen-bond donors (Lipinski definition) is 3. The topological polar surface area (TPSA) is 54.1 Å². The minimum absolute atomic E-state index is 0.153. The molecular formula is C23H29ClNO3+. The van der Waals surface area contributed by atoms with Crippen molar-refractivity contribution in [3.05, 3.63) is 58.6 Å². The molecule has 1 unspecified atom stereocenters. The zero-order valence-corrected chi connectivity index (χ0v) is 17.1. The van der Waals surface area contributed by atoms with E-state index in [-0.39, 0.29) is 17.7 Å². The molecule has 0 amide bonds. The molecule has 4 nitrogen and oxygen atoms in total. The molecule has 28 heavy (non-hydrogen) atoms. The summed E-state index contributed by atoms with van der Waals surface area (Å²) in [7, 11) is 1.58. The Bertz CT molecular complexity index is 825. The second kappa shape index (κ2) is 7.94. The van der Waals surface area contributed by atoms with Crippen LogP contribution in [0.15, 0.2) is 42.5 Å². The predicted molar refractivity (Wildman–Crippen MR) is 110 cm³/mol. The molecule has 1 saturated heterocycles. The summed E-state index contributed by atoms with van der Waals surface area (Å²) >= 11 is 6.06. The van der Waals surface area contributed by atoms with Crippen LogP contribution in [0, 0.1) is 5.92 Å². The molecule has 2 fully saturated rings. The summed E-state index contributed by atoms with van der Waals surface area (Å²) < 4.78 is 5.37. The van der Waals surface area contributed by atoms with Crippen molar-refractivity contribution in [1.82, 2.24) is 0 Å². The SMILES string of the molecule is COc1cc([C@@H]2[C@H]3CCCC[C@]3(O)CC[NH+]2Cc2ccc(Cl)cc2)ccc1O. The molecule has 3 N–H and O–H groups in total. The van der Waals surface area contributed by atoms with Crippen LogP contribution in [-0.2, 0) is 6.54 Å². The summed E-state index contributed by atoms with van der Waals surface area (Å²) in [6.45, 7) is 1.81. The number of likely N-dealkylation sites (tertiary alicyclic amines) is 1. The van der Waals surface area contributed by atoms with Crippen LogP contribution in [0.25, 0.3) is 0 Å². The highest BCUT2D eigenvalue weighted by Crippen LogP contribution is 2.45. The largest absolute Gasteiger partial charge is 0.504 e. The molecule has 2 aromatic carbocycles. The number of ether oxygens (including phenoxy) is 1. The molecule has 1 saturated carbocycles. The molecular weight excluding hydrogens is 374 g/mol. The van der Waals surface area contributed by atoms with Crippen LogP contribution < -0.4 is 9.64 Å². The summed E-state index contributed by atoms with van der Waals surface area (Å²) in [5.74, 6) is 0.861. The average molecular weight is 403 g/mol. The van der Waals surface area contributed by atoms with Gasteiger partial charge in [0.1, 0.15) is 12.6 Å². The molecule has 0 spiro atoms. The number of methoxy groups -OCH3 is 1. The van der Waals surface area contributed by atoms with Gasteiger partial charge in [0.25, 0.3) is 0 Å². The quantitative estimate of drug-likeness (QED) is 0.733. The first-order valence-electron chi connectivity index (χ1n) is 10.2. The number of aromatic hydroxyl groups is 1.